The first-order valence-electron chi connectivity index (χ1n) is 11.2. The highest BCUT2D eigenvalue weighted by Gasteiger charge is 2.15. The molecule has 0 saturated heterocycles. The molecule has 9 nitrogen and oxygen atoms in total. The van der Waals surface area contributed by atoms with Gasteiger partial charge in [0.25, 0.3) is 5.91 Å². The fourth-order valence-electron chi connectivity index (χ4n) is 3.48. The lowest BCUT2D eigenvalue weighted by molar-refractivity contribution is 0.0948. The predicted octanol–water partition coefficient (Wildman–Crippen LogP) is 4.99. The lowest BCUT2D eigenvalue weighted by Gasteiger charge is -2.14. The molecule has 0 aliphatic rings. The molecule has 1 amide bonds. The van der Waals surface area contributed by atoms with Gasteiger partial charge in [0, 0.05) is 18.4 Å². The number of amides is 1. The fraction of sp³-hybridized carbons (Fsp3) is 0.192. The number of anilines is 2. The summed E-state index contributed by atoms with van der Waals surface area (Å²) in [5, 5.41) is 20.3. The summed E-state index contributed by atoms with van der Waals surface area (Å²) >= 11 is 6.35. The number of hydrogen-bond acceptors (Lipinski definition) is 7. The number of ether oxygens (including phenoxy) is 1. The smallest absolute Gasteiger partial charge is 0.255 e. The zero-order chi connectivity index (χ0) is 25.7. The molecule has 4 aromatic rings. The first-order valence-corrected chi connectivity index (χ1v) is 11.6. The topological polar surface area (TPSA) is 118 Å². The third kappa shape index (κ3) is 5.45. The van der Waals surface area contributed by atoms with Crippen molar-refractivity contribution in [3.05, 3.63) is 88.3 Å². The third-order valence-corrected chi connectivity index (χ3v) is 5.69. The van der Waals surface area contributed by atoms with Crippen molar-refractivity contribution in [3.63, 3.8) is 0 Å². The molecule has 182 valence electrons. The first-order chi connectivity index (χ1) is 17.4. The van der Waals surface area contributed by atoms with E-state index >= 15 is 0 Å². The molecule has 2 aromatic carbocycles. The van der Waals surface area contributed by atoms with E-state index in [0.717, 1.165) is 11.3 Å². The van der Waals surface area contributed by atoms with Crippen LogP contribution in [0.2, 0.25) is 5.02 Å². The van der Waals surface area contributed by atoms with Crippen LogP contribution in [-0.4, -0.2) is 32.8 Å². The molecule has 0 radical (unpaired) electrons. The Kier molecular flexibility index (Phi) is 7.47. The van der Waals surface area contributed by atoms with E-state index in [1.54, 1.807) is 53.3 Å². The molecule has 2 N–H and O–H groups in total. The highest BCUT2D eigenvalue weighted by Crippen LogP contribution is 2.25. The highest BCUT2D eigenvalue weighted by molar-refractivity contribution is 6.32. The lowest BCUT2D eigenvalue weighted by atomic mass is 10.1. The number of rotatable bonds is 8. The van der Waals surface area contributed by atoms with Gasteiger partial charge >= 0.3 is 0 Å². The number of halogens is 1. The normalized spacial score (nSPS) is 10.7. The van der Waals surface area contributed by atoms with Crippen LogP contribution in [0, 0.1) is 11.3 Å². The average molecular weight is 502 g/mol. The number of nitriles is 1. The van der Waals surface area contributed by atoms with E-state index in [0.29, 0.717) is 33.4 Å². The SMILES string of the molecule is COc1ccccc1C(=O)NCc1ccc(C#N)cc1Nc1ncc(Cl)c(-n2ccc(C(C)C)n2)n1. The van der Waals surface area contributed by atoms with Gasteiger partial charge in [-0.15, -0.1) is 0 Å². The van der Waals surface area contributed by atoms with E-state index in [9.17, 15) is 10.1 Å². The summed E-state index contributed by atoms with van der Waals surface area (Å²) in [6.07, 6.45) is 3.28. The Morgan fingerprint density at radius 1 is 1.22 bits per heavy atom. The van der Waals surface area contributed by atoms with Crippen molar-refractivity contribution >= 4 is 29.1 Å². The van der Waals surface area contributed by atoms with Gasteiger partial charge in [0.2, 0.25) is 5.95 Å². The van der Waals surface area contributed by atoms with Gasteiger partial charge in [-0.05, 0) is 41.8 Å². The van der Waals surface area contributed by atoms with E-state index in [2.05, 4.69) is 45.6 Å². The summed E-state index contributed by atoms with van der Waals surface area (Å²) in [5.41, 5.74) is 3.09. The van der Waals surface area contributed by atoms with Crippen molar-refractivity contribution in [2.24, 2.45) is 0 Å². The molecule has 2 heterocycles. The molecule has 10 heteroatoms. The number of nitrogens with zero attached hydrogens (tertiary/aromatic N) is 5. The molecule has 0 aliphatic carbocycles. The molecule has 0 spiro atoms. The van der Waals surface area contributed by atoms with Gasteiger partial charge in [-0.1, -0.05) is 43.6 Å². The molecule has 0 saturated carbocycles. The Bertz CT molecular complexity index is 1440. The minimum absolute atomic E-state index is 0.197. The summed E-state index contributed by atoms with van der Waals surface area (Å²) < 4.78 is 6.88. The Labute approximate surface area is 213 Å². The molecule has 4 rings (SSSR count). The quantitative estimate of drug-likeness (QED) is 0.349. The summed E-state index contributed by atoms with van der Waals surface area (Å²) in [4.78, 5) is 21.6. The van der Waals surface area contributed by atoms with Crippen LogP contribution in [0.4, 0.5) is 11.6 Å². The Morgan fingerprint density at radius 2 is 2.03 bits per heavy atom. The van der Waals surface area contributed by atoms with Crippen LogP contribution in [0.5, 0.6) is 5.75 Å². The van der Waals surface area contributed by atoms with Gasteiger partial charge in [0.05, 0.1) is 36.2 Å². The van der Waals surface area contributed by atoms with Crippen molar-refractivity contribution in [1.82, 2.24) is 25.1 Å². The second-order valence-corrected chi connectivity index (χ2v) is 8.60. The maximum Gasteiger partial charge on any atom is 0.255 e. The van der Waals surface area contributed by atoms with Crippen molar-refractivity contribution < 1.29 is 9.53 Å². The lowest BCUT2D eigenvalue weighted by Crippen LogP contribution is -2.23. The minimum atomic E-state index is -0.285. The Morgan fingerprint density at radius 3 is 2.75 bits per heavy atom. The van der Waals surface area contributed by atoms with Gasteiger partial charge in [-0.3, -0.25) is 4.79 Å². The molecule has 0 aliphatic heterocycles. The molecule has 36 heavy (non-hydrogen) atoms. The van der Waals surface area contributed by atoms with Crippen LogP contribution in [0.3, 0.4) is 0 Å². The number of carbonyl (C=O) groups excluding carboxylic acids is 1. The van der Waals surface area contributed by atoms with Crippen molar-refractivity contribution in [1.29, 1.82) is 5.26 Å². The van der Waals surface area contributed by atoms with Crippen LogP contribution in [0.25, 0.3) is 5.82 Å². The number of methoxy groups -OCH3 is 1. The van der Waals surface area contributed by atoms with Gasteiger partial charge in [0.15, 0.2) is 5.82 Å². The average Bonchev–Trinajstić information content (AvgIpc) is 3.39. The van der Waals surface area contributed by atoms with E-state index in [1.165, 1.54) is 13.3 Å². The maximum atomic E-state index is 12.8. The van der Waals surface area contributed by atoms with Crippen LogP contribution in [0.15, 0.2) is 60.9 Å². The van der Waals surface area contributed by atoms with Crippen LogP contribution in [0.1, 0.15) is 46.9 Å². The number of para-hydroxylation sites is 1. The first kappa shape index (κ1) is 24.7. The van der Waals surface area contributed by atoms with Gasteiger partial charge < -0.3 is 15.4 Å². The highest BCUT2D eigenvalue weighted by atomic mass is 35.5. The van der Waals surface area contributed by atoms with Gasteiger partial charge in [-0.25, -0.2) is 9.67 Å². The minimum Gasteiger partial charge on any atom is -0.496 e. The number of benzene rings is 2. The monoisotopic (exact) mass is 501 g/mol. The predicted molar refractivity (Wildman–Crippen MR) is 137 cm³/mol. The summed E-state index contributed by atoms with van der Waals surface area (Å²) in [6.45, 7) is 4.30. The summed E-state index contributed by atoms with van der Waals surface area (Å²) in [6, 6.07) is 16.1. The third-order valence-electron chi connectivity index (χ3n) is 5.42. The molecule has 0 atom stereocenters. The molecule has 0 unspecified atom stereocenters. The number of carbonyl (C=O) groups is 1. The van der Waals surface area contributed by atoms with Gasteiger partial charge in [0.1, 0.15) is 10.8 Å². The second kappa shape index (κ2) is 10.9. The van der Waals surface area contributed by atoms with E-state index in [1.807, 2.05) is 6.07 Å². The molecular weight excluding hydrogens is 478 g/mol. The standard InChI is InChI=1S/C26H24ClN7O2/c1-16(2)21-10-11-34(33-21)24-20(27)15-30-26(32-24)31-22-12-17(13-28)8-9-18(22)14-29-25(35)19-6-4-5-7-23(19)36-3/h4-12,15-16H,14H2,1-3H3,(H,29,35)(H,30,31,32). The summed E-state index contributed by atoms with van der Waals surface area (Å²) in [7, 11) is 1.52. The molecule has 0 fully saturated rings. The van der Waals surface area contributed by atoms with Crippen molar-refractivity contribution in [3.8, 4) is 17.6 Å². The van der Waals surface area contributed by atoms with E-state index in [-0.39, 0.29) is 24.3 Å². The van der Waals surface area contributed by atoms with Crippen molar-refractivity contribution in [2.75, 3.05) is 12.4 Å². The second-order valence-electron chi connectivity index (χ2n) is 8.20. The van der Waals surface area contributed by atoms with E-state index in [4.69, 9.17) is 16.3 Å². The molecule has 2 aromatic heterocycles. The van der Waals surface area contributed by atoms with Crippen LogP contribution >= 0.6 is 11.6 Å². The largest absolute Gasteiger partial charge is 0.496 e. The van der Waals surface area contributed by atoms with Crippen LogP contribution < -0.4 is 15.4 Å². The summed E-state index contributed by atoms with van der Waals surface area (Å²) in [5.74, 6) is 1.14. The zero-order valence-corrected chi connectivity index (χ0v) is 20.7. The number of hydrogen-bond donors (Lipinski definition) is 2. The van der Waals surface area contributed by atoms with E-state index < -0.39 is 0 Å². The fourth-order valence-corrected chi connectivity index (χ4v) is 3.66. The molecule has 0 bridgehead atoms. The Hall–Kier alpha value is -4.42. The van der Waals surface area contributed by atoms with Crippen molar-refractivity contribution in [2.45, 2.75) is 26.3 Å². The Balaban J connectivity index is 1.59. The maximum absolute atomic E-state index is 12.8. The zero-order valence-electron chi connectivity index (χ0n) is 20.0. The van der Waals surface area contributed by atoms with Gasteiger partial charge in [-0.2, -0.15) is 15.3 Å². The number of nitrogens with one attached hydrogen (secondary N) is 2. The number of aromatic nitrogens is 4. The molecular formula is C26H24ClN7O2. The van der Waals surface area contributed by atoms with Crippen LogP contribution in [-0.2, 0) is 6.54 Å².